The lowest BCUT2D eigenvalue weighted by atomic mass is 10.4. The molecule has 0 aromatic heterocycles. The van der Waals surface area contributed by atoms with Crippen molar-refractivity contribution in [3.8, 4) is 0 Å². The van der Waals surface area contributed by atoms with Gasteiger partial charge in [-0.1, -0.05) is 11.8 Å². The molecule has 1 rings (SSSR count). The lowest BCUT2D eigenvalue weighted by molar-refractivity contribution is 0.378. The van der Waals surface area contributed by atoms with E-state index in [9.17, 15) is 5.11 Å². The smallest absolute Gasteiger partial charge is 0.120 e. The summed E-state index contributed by atoms with van der Waals surface area (Å²) in [6, 6.07) is 0. The predicted octanol–water partition coefficient (Wildman–Crippen LogP) is 3.05. The zero-order valence-corrected chi connectivity index (χ0v) is 8.83. The first-order valence-corrected chi connectivity index (χ1v) is 4.92. The van der Waals surface area contributed by atoms with Gasteiger partial charge in [-0.05, 0) is 27.7 Å². The lowest BCUT2D eigenvalue weighted by Crippen LogP contribution is -2.16. The summed E-state index contributed by atoms with van der Waals surface area (Å²) in [5.74, 6) is 0.415. The summed E-state index contributed by atoms with van der Waals surface area (Å²) in [6.07, 6.45) is 0. The molecule has 1 N–H and O–H groups in total. The monoisotopic (exact) mass is 185 g/mol. The third-order valence-corrected chi connectivity index (χ3v) is 3.35. The molecule has 0 aliphatic carbocycles. The van der Waals surface area contributed by atoms with Gasteiger partial charge < -0.3 is 10.0 Å². The van der Waals surface area contributed by atoms with Crippen LogP contribution in [0.3, 0.4) is 0 Å². The number of hydrogen-bond donors (Lipinski definition) is 1. The number of rotatable bonds is 1. The highest BCUT2D eigenvalue weighted by molar-refractivity contribution is 8.06. The van der Waals surface area contributed by atoms with E-state index < -0.39 is 0 Å². The van der Waals surface area contributed by atoms with Crippen molar-refractivity contribution in [1.29, 1.82) is 0 Å². The van der Waals surface area contributed by atoms with Gasteiger partial charge in [0, 0.05) is 17.1 Å². The van der Waals surface area contributed by atoms with Crippen molar-refractivity contribution < 1.29 is 5.11 Å². The zero-order chi connectivity index (χ0) is 9.30. The first-order valence-electron chi connectivity index (χ1n) is 4.10. The van der Waals surface area contributed by atoms with E-state index >= 15 is 0 Å². The van der Waals surface area contributed by atoms with Crippen LogP contribution in [0.4, 0.5) is 0 Å². The average molecular weight is 185 g/mol. The molecule has 1 aliphatic heterocycles. The molecule has 0 bridgehead atoms. The second kappa shape index (κ2) is 3.44. The van der Waals surface area contributed by atoms with Crippen LogP contribution in [0.25, 0.3) is 0 Å². The van der Waals surface area contributed by atoms with E-state index in [1.54, 1.807) is 18.7 Å². The Kier molecular flexibility index (Phi) is 2.73. The van der Waals surface area contributed by atoms with Gasteiger partial charge in [0.25, 0.3) is 0 Å². The number of hydrogen-bond acceptors (Lipinski definition) is 3. The summed E-state index contributed by atoms with van der Waals surface area (Å²) < 4.78 is 0. The minimum atomic E-state index is 0.415. The van der Waals surface area contributed by atoms with Gasteiger partial charge >= 0.3 is 0 Å². The van der Waals surface area contributed by atoms with E-state index in [2.05, 4.69) is 25.7 Å². The van der Waals surface area contributed by atoms with Crippen molar-refractivity contribution in [3.05, 3.63) is 21.4 Å². The van der Waals surface area contributed by atoms with Crippen LogP contribution < -0.4 is 0 Å². The van der Waals surface area contributed by atoms with Crippen LogP contribution >= 0.6 is 11.8 Å². The van der Waals surface area contributed by atoms with Crippen LogP contribution in [0.2, 0.25) is 0 Å². The predicted molar refractivity (Wildman–Crippen MR) is 53.7 cm³/mol. The van der Waals surface area contributed by atoms with E-state index in [0.29, 0.717) is 5.76 Å². The number of thioether (sulfide) groups is 1. The molecule has 0 spiro atoms. The van der Waals surface area contributed by atoms with Crippen molar-refractivity contribution in [2.45, 2.75) is 27.7 Å². The van der Waals surface area contributed by atoms with Crippen molar-refractivity contribution >= 4 is 11.8 Å². The second-order valence-corrected chi connectivity index (χ2v) is 4.08. The third-order valence-electron chi connectivity index (χ3n) is 2.04. The molecule has 68 valence electrons. The van der Waals surface area contributed by atoms with Crippen LogP contribution in [0.15, 0.2) is 21.4 Å². The van der Waals surface area contributed by atoms with Crippen molar-refractivity contribution in [2.24, 2.45) is 0 Å². The topological polar surface area (TPSA) is 23.5 Å². The molecule has 0 saturated carbocycles. The molecule has 0 radical (unpaired) electrons. The minimum absolute atomic E-state index is 0.415. The molecule has 3 heteroatoms. The number of aliphatic hydroxyl groups excluding tert-OH is 1. The van der Waals surface area contributed by atoms with Gasteiger partial charge in [-0.25, -0.2) is 0 Å². The summed E-state index contributed by atoms with van der Waals surface area (Å²) in [5, 5.41) is 10.4. The molecule has 0 saturated heterocycles. The molecule has 1 aliphatic rings. The molecule has 0 amide bonds. The van der Waals surface area contributed by atoms with Crippen LogP contribution in [0.5, 0.6) is 0 Å². The molecule has 2 nitrogen and oxygen atoms in total. The van der Waals surface area contributed by atoms with Gasteiger partial charge in [0.15, 0.2) is 0 Å². The minimum Gasteiger partial charge on any atom is -0.510 e. The zero-order valence-electron chi connectivity index (χ0n) is 8.01. The molecular formula is C9H15NOS. The fourth-order valence-electron chi connectivity index (χ4n) is 1.27. The van der Waals surface area contributed by atoms with Crippen molar-refractivity contribution in [3.63, 3.8) is 0 Å². The molecular weight excluding hydrogens is 170 g/mol. The quantitative estimate of drug-likeness (QED) is 0.635. The highest BCUT2D eigenvalue weighted by Crippen LogP contribution is 2.41. The van der Waals surface area contributed by atoms with Gasteiger partial charge in [-0.15, -0.1) is 0 Å². The van der Waals surface area contributed by atoms with E-state index in [1.807, 2.05) is 0 Å². The van der Waals surface area contributed by atoms with Gasteiger partial charge in [-0.2, -0.15) is 0 Å². The standard InChI is InChI=1S/C9H15NOS/c1-5-10-6(2)8(4)12-9(10)7(3)11/h11H,5H2,1-4H3/b9-7-. The molecule has 0 atom stereocenters. The van der Waals surface area contributed by atoms with E-state index in [-0.39, 0.29) is 0 Å². The lowest BCUT2D eigenvalue weighted by Gasteiger charge is -2.19. The Morgan fingerprint density at radius 2 is 2.08 bits per heavy atom. The van der Waals surface area contributed by atoms with E-state index in [1.165, 1.54) is 10.6 Å². The van der Waals surface area contributed by atoms with E-state index in [4.69, 9.17) is 0 Å². The van der Waals surface area contributed by atoms with Crippen LogP contribution in [0, 0.1) is 0 Å². The highest BCUT2D eigenvalue weighted by Gasteiger charge is 2.22. The Bertz CT molecular complexity index is 251. The Morgan fingerprint density at radius 1 is 1.50 bits per heavy atom. The summed E-state index contributed by atoms with van der Waals surface area (Å²) in [7, 11) is 0. The second-order valence-electron chi connectivity index (χ2n) is 2.88. The van der Waals surface area contributed by atoms with Crippen molar-refractivity contribution in [2.75, 3.05) is 6.54 Å². The normalized spacial score (nSPS) is 22.2. The molecule has 1 heterocycles. The third kappa shape index (κ3) is 1.46. The first kappa shape index (κ1) is 9.52. The summed E-state index contributed by atoms with van der Waals surface area (Å²) >= 11 is 1.65. The average Bonchev–Trinajstić information content (AvgIpc) is 2.29. The van der Waals surface area contributed by atoms with Crippen LogP contribution in [-0.2, 0) is 0 Å². The number of aliphatic hydroxyl groups is 1. The summed E-state index contributed by atoms with van der Waals surface area (Å²) in [4.78, 5) is 3.41. The van der Waals surface area contributed by atoms with E-state index in [0.717, 1.165) is 11.6 Å². The Labute approximate surface area is 78.0 Å². The Hall–Kier alpha value is -0.570. The van der Waals surface area contributed by atoms with Gasteiger partial charge in [0.2, 0.25) is 0 Å². The molecule has 12 heavy (non-hydrogen) atoms. The maximum atomic E-state index is 9.38. The fourth-order valence-corrected chi connectivity index (χ4v) is 2.34. The molecule has 0 fully saturated rings. The first-order chi connectivity index (χ1) is 5.57. The number of nitrogens with zero attached hydrogens (tertiary/aromatic N) is 1. The SMILES string of the molecule is CCN1C(C)=C(C)S/C1=C(/C)O. The van der Waals surface area contributed by atoms with Crippen LogP contribution in [-0.4, -0.2) is 16.6 Å². The maximum Gasteiger partial charge on any atom is 0.120 e. The summed E-state index contributed by atoms with van der Waals surface area (Å²) in [6.45, 7) is 8.91. The Morgan fingerprint density at radius 3 is 2.42 bits per heavy atom. The highest BCUT2D eigenvalue weighted by atomic mass is 32.2. The summed E-state index contributed by atoms with van der Waals surface area (Å²) in [5.41, 5.74) is 1.26. The van der Waals surface area contributed by atoms with Gasteiger partial charge in [-0.3, -0.25) is 0 Å². The van der Waals surface area contributed by atoms with Gasteiger partial charge in [0.05, 0.1) is 0 Å². The van der Waals surface area contributed by atoms with Crippen LogP contribution in [0.1, 0.15) is 27.7 Å². The number of allylic oxidation sites excluding steroid dienone is 3. The molecule has 0 aromatic rings. The molecule has 0 aromatic carbocycles. The largest absolute Gasteiger partial charge is 0.510 e. The Balaban J connectivity index is 2.98. The molecule has 0 unspecified atom stereocenters. The maximum absolute atomic E-state index is 9.38. The van der Waals surface area contributed by atoms with Gasteiger partial charge in [0.1, 0.15) is 10.8 Å². The fraction of sp³-hybridized carbons (Fsp3) is 0.556. The van der Waals surface area contributed by atoms with Crippen molar-refractivity contribution in [1.82, 2.24) is 4.90 Å².